The first kappa shape index (κ1) is 14.2. The van der Waals surface area contributed by atoms with E-state index in [4.69, 9.17) is 21.6 Å². The minimum atomic E-state index is -0.567. The van der Waals surface area contributed by atoms with Gasteiger partial charge < -0.3 is 10.1 Å². The third-order valence-electron chi connectivity index (χ3n) is 2.85. The second-order valence-electron chi connectivity index (χ2n) is 4.23. The molecule has 0 aliphatic rings. The molecule has 3 nitrogen and oxygen atoms in total. The van der Waals surface area contributed by atoms with Crippen LogP contribution in [0.15, 0.2) is 30.3 Å². The average molecular weight is 291 g/mol. The molecule has 0 radical (unpaired) electrons. The van der Waals surface area contributed by atoms with Gasteiger partial charge in [-0.05, 0) is 36.8 Å². The van der Waals surface area contributed by atoms with Crippen LogP contribution in [0.4, 0.5) is 15.8 Å². The van der Waals surface area contributed by atoms with Crippen molar-refractivity contribution < 1.29 is 9.13 Å². The molecular weight excluding hydrogens is 279 g/mol. The predicted octanol–water partition coefficient (Wildman–Crippen LogP) is 4.41. The lowest BCUT2D eigenvalue weighted by atomic mass is 10.1. The first-order chi connectivity index (χ1) is 9.55. The Kier molecular flexibility index (Phi) is 4.11. The van der Waals surface area contributed by atoms with Crippen LogP contribution in [0, 0.1) is 24.1 Å². The molecule has 2 aromatic carbocycles. The number of ether oxygens (including phenoxy) is 1. The van der Waals surface area contributed by atoms with Gasteiger partial charge in [0.25, 0.3) is 0 Å². The van der Waals surface area contributed by atoms with E-state index in [9.17, 15) is 4.39 Å². The molecule has 0 saturated heterocycles. The van der Waals surface area contributed by atoms with Gasteiger partial charge in [0.15, 0.2) is 0 Å². The Hall–Kier alpha value is -2.25. The van der Waals surface area contributed by atoms with Crippen molar-refractivity contribution in [1.82, 2.24) is 0 Å². The molecule has 0 aromatic heterocycles. The largest absolute Gasteiger partial charge is 0.495 e. The number of hydrogen-bond acceptors (Lipinski definition) is 3. The van der Waals surface area contributed by atoms with Crippen LogP contribution in [0.5, 0.6) is 5.75 Å². The Balaban J connectivity index is 2.37. The van der Waals surface area contributed by atoms with Gasteiger partial charge in [0.1, 0.15) is 17.6 Å². The van der Waals surface area contributed by atoms with Gasteiger partial charge in [0.2, 0.25) is 0 Å². The zero-order valence-electron chi connectivity index (χ0n) is 11.0. The normalized spacial score (nSPS) is 9.95. The number of nitriles is 1. The Morgan fingerprint density at radius 2 is 2.05 bits per heavy atom. The summed E-state index contributed by atoms with van der Waals surface area (Å²) < 4.78 is 18.8. The van der Waals surface area contributed by atoms with Gasteiger partial charge in [0, 0.05) is 16.8 Å². The zero-order valence-corrected chi connectivity index (χ0v) is 11.8. The van der Waals surface area contributed by atoms with Gasteiger partial charge >= 0.3 is 0 Å². The maximum Gasteiger partial charge on any atom is 0.143 e. The molecule has 0 aliphatic heterocycles. The van der Waals surface area contributed by atoms with Crippen LogP contribution in [-0.4, -0.2) is 7.11 Å². The molecule has 20 heavy (non-hydrogen) atoms. The van der Waals surface area contributed by atoms with Gasteiger partial charge in [-0.3, -0.25) is 0 Å². The smallest absolute Gasteiger partial charge is 0.143 e. The van der Waals surface area contributed by atoms with Crippen molar-refractivity contribution in [2.24, 2.45) is 0 Å². The van der Waals surface area contributed by atoms with E-state index in [1.54, 1.807) is 18.2 Å². The maximum atomic E-state index is 13.6. The Morgan fingerprint density at radius 1 is 1.30 bits per heavy atom. The lowest BCUT2D eigenvalue weighted by Gasteiger charge is -2.13. The van der Waals surface area contributed by atoms with E-state index in [1.165, 1.54) is 19.2 Å². The zero-order chi connectivity index (χ0) is 14.7. The van der Waals surface area contributed by atoms with E-state index < -0.39 is 5.82 Å². The molecule has 0 unspecified atom stereocenters. The van der Waals surface area contributed by atoms with Crippen LogP contribution < -0.4 is 10.1 Å². The van der Waals surface area contributed by atoms with Gasteiger partial charge in [-0.2, -0.15) is 5.26 Å². The van der Waals surface area contributed by atoms with Crippen molar-refractivity contribution in [3.63, 3.8) is 0 Å². The number of nitrogens with zero attached hydrogens (tertiary/aromatic N) is 1. The summed E-state index contributed by atoms with van der Waals surface area (Å²) in [7, 11) is 1.53. The van der Waals surface area contributed by atoms with Crippen LogP contribution in [0.1, 0.15) is 11.1 Å². The number of hydrogen-bond donors (Lipinski definition) is 1. The number of rotatable bonds is 3. The summed E-state index contributed by atoms with van der Waals surface area (Å²) in [6, 6.07) is 9.61. The summed E-state index contributed by atoms with van der Waals surface area (Å²) in [5.74, 6) is -0.00693. The minimum Gasteiger partial charge on any atom is -0.495 e. The van der Waals surface area contributed by atoms with Crippen molar-refractivity contribution in [2.75, 3.05) is 12.4 Å². The first-order valence-electron chi connectivity index (χ1n) is 5.86. The molecule has 0 bridgehead atoms. The number of halogens is 2. The molecule has 2 rings (SSSR count). The Morgan fingerprint density at radius 3 is 2.65 bits per heavy atom. The molecule has 5 heteroatoms. The van der Waals surface area contributed by atoms with E-state index in [0.29, 0.717) is 22.1 Å². The number of anilines is 2. The monoisotopic (exact) mass is 290 g/mol. The number of nitrogens with one attached hydrogen (secondary N) is 1. The van der Waals surface area contributed by atoms with Gasteiger partial charge in [0.05, 0.1) is 18.4 Å². The predicted molar refractivity (Wildman–Crippen MR) is 77.1 cm³/mol. The lowest BCUT2D eigenvalue weighted by Crippen LogP contribution is -1.97. The van der Waals surface area contributed by atoms with Gasteiger partial charge in [-0.15, -0.1) is 0 Å². The molecule has 0 atom stereocenters. The molecule has 0 amide bonds. The molecule has 2 aromatic rings. The maximum absolute atomic E-state index is 13.6. The lowest BCUT2D eigenvalue weighted by molar-refractivity contribution is 0.417. The van der Waals surface area contributed by atoms with Crippen molar-refractivity contribution in [1.29, 1.82) is 5.26 Å². The highest BCUT2D eigenvalue weighted by Gasteiger charge is 2.09. The third kappa shape index (κ3) is 2.84. The SMILES string of the molecule is COc1cc(Cl)c(C)cc1Nc1ccc(C#N)c(F)c1. The number of methoxy groups -OCH3 is 1. The third-order valence-corrected chi connectivity index (χ3v) is 3.26. The number of aryl methyl sites for hydroxylation is 1. The fourth-order valence-corrected chi connectivity index (χ4v) is 1.92. The second kappa shape index (κ2) is 5.81. The summed E-state index contributed by atoms with van der Waals surface area (Å²) >= 11 is 6.03. The molecule has 102 valence electrons. The molecule has 0 spiro atoms. The van der Waals surface area contributed by atoms with Crippen LogP contribution in [-0.2, 0) is 0 Å². The van der Waals surface area contributed by atoms with Crippen LogP contribution in [0.2, 0.25) is 5.02 Å². The summed E-state index contributed by atoms with van der Waals surface area (Å²) in [6.07, 6.45) is 0. The quantitative estimate of drug-likeness (QED) is 0.910. The van der Waals surface area contributed by atoms with E-state index in [1.807, 2.05) is 13.0 Å². The van der Waals surface area contributed by atoms with Crippen molar-refractivity contribution in [3.8, 4) is 11.8 Å². The highest BCUT2D eigenvalue weighted by molar-refractivity contribution is 6.31. The molecule has 0 saturated carbocycles. The second-order valence-corrected chi connectivity index (χ2v) is 4.64. The van der Waals surface area contributed by atoms with Crippen LogP contribution in [0.25, 0.3) is 0 Å². The first-order valence-corrected chi connectivity index (χ1v) is 6.23. The van der Waals surface area contributed by atoms with Crippen molar-refractivity contribution >= 4 is 23.0 Å². The molecule has 0 aliphatic carbocycles. The minimum absolute atomic E-state index is 0.00908. The summed E-state index contributed by atoms with van der Waals surface area (Å²) in [5, 5.41) is 12.3. The summed E-state index contributed by atoms with van der Waals surface area (Å²) in [6.45, 7) is 1.87. The van der Waals surface area contributed by atoms with Crippen LogP contribution in [0.3, 0.4) is 0 Å². The van der Waals surface area contributed by atoms with E-state index in [-0.39, 0.29) is 5.56 Å². The Bertz CT molecular complexity index is 695. The standard InChI is InChI=1S/C15H12ClFN2O/c1-9-5-14(15(20-2)7-12(9)16)19-11-4-3-10(8-18)13(17)6-11/h3-7,19H,1-2H3. The fourth-order valence-electron chi connectivity index (χ4n) is 1.77. The van der Waals surface area contributed by atoms with E-state index in [2.05, 4.69) is 5.32 Å². The number of benzene rings is 2. The van der Waals surface area contributed by atoms with E-state index >= 15 is 0 Å². The van der Waals surface area contributed by atoms with Crippen molar-refractivity contribution in [3.05, 3.63) is 52.3 Å². The average Bonchev–Trinajstić information content (AvgIpc) is 2.43. The molecule has 0 heterocycles. The summed E-state index contributed by atoms with van der Waals surface area (Å²) in [5.41, 5.74) is 2.10. The van der Waals surface area contributed by atoms with Gasteiger partial charge in [-0.25, -0.2) is 4.39 Å². The van der Waals surface area contributed by atoms with Gasteiger partial charge in [-0.1, -0.05) is 11.6 Å². The highest BCUT2D eigenvalue weighted by Crippen LogP contribution is 2.33. The molecule has 1 N–H and O–H groups in total. The van der Waals surface area contributed by atoms with Crippen molar-refractivity contribution in [2.45, 2.75) is 6.92 Å². The highest BCUT2D eigenvalue weighted by atomic mass is 35.5. The summed E-state index contributed by atoms with van der Waals surface area (Å²) in [4.78, 5) is 0. The van der Waals surface area contributed by atoms with E-state index in [0.717, 1.165) is 5.56 Å². The van der Waals surface area contributed by atoms with Crippen LogP contribution >= 0.6 is 11.6 Å². The molecular formula is C15H12ClFN2O. The molecule has 0 fully saturated rings. The fraction of sp³-hybridized carbons (Fsp3) is 0.133. The Labute approximate surface area is 121 Å². The topological polar surface area (TPSA) is 45.0 Å².